The first kappa shape index (κ1) is 13.9. The van der Waals surface area contributed by atoms with Crippen LogP contribution in [0.25, 0.3) is 0 Å². The summed E-state index contributed by atoms with van der Waals surface area (Å²) in [6.07, 6.45) is 0. The van der Waals surface area contributed by atoms with E-state index < -0.39 is 0 Å². The van der Waals surface area contributed by atoms with Crippen molar-refractivity contribution in [1.29, 1.82) is 0 Å². The van der Waals surface area contributed by atoms with E-state index in [9.17, 15) is 0 Å². The molecule has 0 aliphatic carbocycles. The summed E-state index contributed by atoms with van der Waals surface area (Å²) in [5, 5.41) is 9.18. The third-order valence-electron chi connectivity index (χ3n) is 2.30. The highest BCUT2D eigenvalue weighted by Gasteiger charge is 2.10. The van der Waals surface area contributed by atoms with Gasteiger partial charge in [0.2, 0.25) is 0 Å². The molecule has 0 saturated heterocycles. The van der Waals surface area contributed by atoms with Gasteiger partial charge in [-0.2, -0.15) is 0 Å². The molecule has 2 N–H and O–H groups in total. The average molecular weight is 297 g/mol. The minimum Gasteiger partial charge on any atom is -0.326 e. The second-order valence-electron chi connectivity index (χ2n) is 3.56. The van der Waals surface area contributed by atoms with Crippen LogP contribution in [0.1, 0.15) is 17.5 Å². The third kappa shape index (κ3) is 3.26. The Labute approximate surface area is 120 Å². The molecule has 2 aromatic rings. The molecule has 1 heterocycles. The summed E-state index contributed by atoms with van der Waals surface area (Å²) in [7, 11) is 0. The van der Waals surface area contributed by atoms with Crippen LogP contribution in [0.4, 0.5) is 0 Å². The Balaban J connectivity index is 2.29. The van der Waals surface area contributed by atoms with Gasteiger partial charge in [-0.05, 0) is 30.4 Å². The maximum absolute atomic E-state index is 5.88. The van der Waals surface area contributed by atoms with E-state index in [2.05, 4.69) is 35.3 Å². The molecular formula is C12H15N3S3. The monoisotopic (exact) mass is 297 g/mol. The van der Waals surface area contributed by atoms with Gasteiger partial charge in [-0.25, -0.2) is 0 Å². The summed E-state index contributed by atoms with van der Waals surface area (Å²) in [5.41, 5.74) is 7.09. The summed E-state index contributed by atoms with van der Waals surface area (Å²) in [6, 6.07) is 6.31. The van der Waals surface area contributed by atoms with Crippen LogP contribution in [-0.2, 0) is 6.54 Å². The zero-order valence-corrected chi connectivity index (χ0v) is 12.8. The van der Waals surface area contributed by atoms with Gasteiger partial charge >= 0.3 is 0 Å². The molecule has 6 heteroatoms. The third-order valence-corrected chi connectivity index (χ3v) is 5.27. The zero-order valence-electron chi connectivity index (χ0n) is 10.3. The Morgan fingerprint density at radius 3 is 2.67 bits per heavy atom. The van der Waals surface area contributed by atoms with E-state index in [1.54, 1.807) is 23.1 Å². The van der Waals surface area contributed by atoms with Gasteiger partial charge < -0.3 is 5.73 Å². The standard InChI is InChI=1S/C12H15N3S3/c1-3-16-10-5-4-6-11(9(10)7-13)18-12-15-14-8(2)17-12/h4-6H,3,7,13H2,1-2H3. The maximum atomic E-state index is 5.88. The zero-order chi connectivity index (χ0) is 13.0. The lowest BCUT2D eigenvalue weighted by atomic mass is 10.2. The Morgan fingerprint density at radius 1 is 1.28 bits per heavy atom. The molecule has 0 aliphatic rings. The van der Waals surface area contributed by atoms with Crippen molar-refractivity contribution in [2.75, 3.05) is 5.75 Å². The average Bonchev–Trinajstić information content (AvgIpc) is 2.76. The van der Waals surface area contributed by atoms with Gasteiger partial charge in [-0.3, -0.25) is 0 Å². The second kappa shape index (κ2) is 6.56. The van der Waals surface area contributed by atoms with Gasteiger partial charge in [-0.1, -0.05) is 36.1 Å². The molecule has 0 atom stereocenters. The predicted octanol–water partition coefficient (Wildman–Crippen LogP) is 3.57. The lowest BCUT2D eigenvalue weighted by Crippen LogP contribution is -2.00. The van der Waals surface area contributed by atoms with Gasteiger partial charge in [0.25, 0.3) is 0 Å². The molecule has 0 amide bonds. The van der Waals surface area contributed by atoms with Crippen LogP contribution in [0.5, 0.6) is 0 Å². The highest BCUT2D eigenvalue weighted by atomic mass is 32.2. The fraction of sp³-hybridized carbons (Fsp3) is 0.333. The van der Waals surface area contributed by atoms with Crippen molar-refractivity contribution in [1.82, 2.24) is 10.2 Å². The van der Waals surface area contributed by atoms with Gasteiger partial charge in [0.15, 0.2) is 4.34 Å². The van der Waals surface area contributed by atoms with E-state index in [-0.39, 0.29) is 0 Å². The van der Waals surface area contributed by atoms with Crippen LogP contribution >= 0.6 is 34.9 Å². The van der Waals surface area contributed by atoms with E-state index in [0.717, 1.165) is 15.1 Å². The number of nitrogens with zero attached hydrogens (tertiary/aromatic N) is 2. The van der Waals surface area contributed by atoms with Crippen molar-refractivity contribution < 1.29 is 0 Å². The summed E-state index contributed by atoms with van der Waals surface area (Å²) in [6.45, 7) is 4.68. The normalized spacial score (nSPS) is 10.8. The number of thioether (sulfide) groups is 1. The number of nitrogens with two attached hydrogens (primary N) is 1. The minimum absolute atomic E-state index is 0.559. The molecule has 0 unspecified atom stereocenters. The van der Waals surface area contributed by atoms with Crippen molar-refractivity contribution >= 4 is 34.9 Å². The van der Waals surface area contributed by atoms with E-state index in [1.165, 1.54) is 15.4 Å². The number of rotatable bonds is 5. The van der Waals surface area contributed by atoms with Crippen LogP contribution in [0.3, 0.4) is 0 Å². The summed E-state index contributed by atoms with van der Waals surface area (Å²) in [5.74, 6) is 1.05. The number of aromatic nitrogens is 2. The highest BCUT2D eigenvalue weighted by Crippen LogP contribution is 2.36. The van der Waals surface area contributed by atoms with Gasteiger partial charge in [0.05, 0.1) is 0 Å². The van der Waals surface area contributed by atoms with Gasteiger partial charge in [0.1, 0.15) is 5.01 Å². The van der Waals surface area contributed by atoms with E-state index in [1.807, 2.05) is 18.7 Å². The second-order valence-corrected chi connectivity index (χ2v) is 7.34. The van der Waals surface area contributed by atoms with Crippen LogP contribution in [-0.4, -0.2) is 16.0 Å². The molecule has 3 nitrogen and oxygen atoms in total. The molecule has 2 rings (SSSR count). The lowest BCUT2D eigenvalue weighted by molar-refractivity contribution is 0.967. The van der Waals surface area contributed by atoms with Crippen molar-refractivity contribution in [2.45, 2.75) is 34.5 Å². The van der Waals surface area contributed by atoms with Crippen molar-refractivity contribution in [3.05, 3.63) is 28.8 Å². The molecule has 0 fully saturated rings. The summed E-state index contributed by atoms with van der Waals surface area (Å²) in [4.78, 5) is 2.46. The Kier molecular flexibility index (Phi) is 5.05. The molecule has 0 spiro atoms. The SMILES string of the molecule is CCSc1cccc(Sc2nnc(C)s2)c1CN. The topological polar surface area (TPSA) is 51.8 Å². The maximum Gasteiger partial charge on any atom is 0.179 e. The van der Waals surface area contributed by atoms with Crippen molar-refractivity contribution in [3.63, 3.8) is 0 Å². The molecule has 0 aliphatic heterocycles. The molecule has 1 aromatic carbocycles. The first-order valence-corrected chi connectivity index (χ1v) is 8.29. The molecule has 96 valence electrons. The molecular weight excluding hydrogens is 282 g/mol. The van der Waals surface area contributed by atoms with Gasteiger partial charge in [0, 0.05) is 16.3 Å². The number of hydrogen-bond acceptors (Lipinski definition) is 6. The summed E-state index contributed by atoms with van der Waals surface area (Å²) < 4.78 is 0.973. The largest absolute Gasteiger partial charge is 0.326 e. The Morgan fingerprint density at radius 2 is 2.06 bits per heavy atom. The van der Waals surface area contributed by atoms with Crippen LogP contribution < -0.4 is 5.73 Å². The number of benzene rings is 1. The fourth-order valence-corrected chi connectivity index (χ4v) is 4.41. The van der Waals surface area contributed by atoms with E-state index >= 15 is 0 Å². The first-order chi connectivity index (χ1) is 8.74. The summed E-state index contributed by atoms with van der Waals surface area (Å²) >= 11 is 5.10. The molecule has 1 aromatic heterocycles. The molecule has 0 saturated carbocycles. The molecule has 0 radical (unpaired) electrons. The Hall–Kier alpha value is -0.560. The van der Waals surface area contributed by atoms with Gasteiger partial charge in [-0.15, -0.1) is 22.0 Å². The van der Waals surface area contributed by atoms with Crippen molar-refractivity contribution in [2.24, 2.45) is 5.73 Å². The first-order valence-electron chi connectivity index (χ1n) is 5.67. The predicted molar refractivity (Wildman–Crippen MR) is 79.5 cm³/mol. The van der Waals surface area contributed by atoms with Crippen molar-refractivity contribution in [3.8, 4) is 0 Å². The smallest absolute Gasteiger partial charge is 0.179 e. The lowest BCUT2D eigenvalue weighted by Gasteiger charge is -2.10. The minimum atomic E-state index is 0.559. The number of hydrogen-bond donors (Lipinski definition) is 1. The van der Waals surface area contributed by atoms with E-state index in [0.29, 0.717) is 6.54 Å². The fourth-order valence-electron chi connectivity index (χ4n) is 1.55. The number of aryl methyl sites for hydroxylation is 1. The molecule has 18 heavy (non-hydrogen) atoms. The van der Waals surface area contributed by atoms with Crippen LogP contribution in [0.2, 0.25) is 0 Å². The molecule has 0 bridgehead atoms. The van der Waals surface area contributed by atoms with E-state index in [4.69, 9.17) is 5.73 Å². The highest BCUT2D eigenvalue weighted by molar-refractivity contribution is 8.01. The Bertz CT molecular complexity index is 525. The van der Waals surface area contributed by atoms with Crippen LogP contribution in [0.15, 0.2) is 32.3 Å². The van der Waals surface area contributed by atoms with Crippen LogP contribution in [0, 0.1) is 6.92 Å². The quantitative estimate of drug-likeness (QED) is 0.855.